The van der Waals surface area contributed by atoms with Gasteiger partial charge in [0, 0.05) is 11.6 Å². The molecule has 1 aliphatic heterocycles. The predicted molar refractivity (Wildman–Crippen MR) is 133 cm³/mol. The summed E-state index contributed by atoms with van der Waals surface area (Å²) >= 11 is 6.09. The van der Waals surface area contributed by atoms with E-state index < -0.39 is 38.5 Å². The van der Waals surface area contributed by atoms with Gasteiger partial charge in [-0.25, -0.2) is 4.68 Å². The van der Waals surface area contributed by atoms with E-state index in [-0.39, 0.29) is 24.2 Å². The number of aliphatic hydroxyl groups is 2. The molecule has 1 saturated heterocycles. The highest BCUT2D eigenvalue weighted by Gasteiger charge is 2.45. The fourth-order valence-electron chi connectivity index (χ4n) is 3.72. The second kappa shape index (κ2) is 11.6. The lowest BCUT2D eigenvalue weighted by Crippen LogP contribution is -2.34. The summed E-state index contributed by atoms with van der Waals surface area (Å²) in [7, 11) is -4.39. The standard InChI is InChI=1S/C22H29ClN5O8P/c1-12(2)9-35-22-26-19(24-7-13-4-3-5-14(23)6-13)15-8-25-28(20(15)27-22)21-18(30)17(29)16(36-21)10-34-11-37(31,32)33/h3-6,8,12,16-18,21,29-30H,7,9-11H2,1-2H3,(H,24,26,27)(H2,31,32,33)/t16-,17-,18-,21-/m1/s1. The number of nitrogens with one attached hydrogen (secondary N) is 1. The maximum absolute atomic E-state index is 11.0. The summed E-state index contributed by atoms with van der Waals surface area (Å²) in [5.41, 5.74) is 1.21. The highest BCUT2D eigenvalue weighted by atomic mass is 35.5. The van der Waals surface area contributed by atoms with Gasteiger partial charge in [0.2, 0.25) is 0 Å². The lowest BCUT2D eigenvalue weighted by atomic mass is 10.1. The first-order chi connectivity index (χ1) is 17.5. The van der Waals surface area contributed by atoms with E-state index >= 15 is 0 Å². The summed E-state index contributed by atoms with van der Waals surface area (Å²) in [6.45, 7) is 4.40. The van der Waals surface area contributed by atoms with Crippen LogP contribution in [-0.2, 0) is 20.6 Å². The molecule has 0 saturated carbocycles. The van der Waals surface area contributed by atoms with Crippen molar-refractivity contribution >= 4 is 36.0 Å². The minimum absolute atomic E-state index is 0.0890. The van der Waals surface area contributed by atoms with Crippen LogP contribution in [0.3, 0.4) is 0 Å². The molecule has 5 N–H and O–H groups in total. The van der Waals surface area contributed by atoms with Gasteiger partial charge in [0.1, 0.15) is 30.5 Å². The van der Waals surface area contributed by atoms with Gasteiger partial charge in [-0.3, -0.25) is 4.57 Å². The summed E-state index contributed by atoms with van der Waals surface area (Å²) in [6.07, 6.45) is -4.34. The van der Waals surface area contributed by atoms with Gasteiger partial charge < -0.3 is 39.5 Å². The number of anilines is 1. The molecule has 0 radical (unpaired) electrons. The first-order valence-corrected chi connectivity index (χ1v) is 13.7. The van der Waals surface area contributed by atoms with Crippen LogP contribution in [0.4, 0.5) is 5.82 Å². The Morgan fingerprint density at radius 1 is 1.24 bits per heavy atom. The van der Waals surface area contributed by atoms with Crippen LogP contribution in [0.5, 0.6) is 6.01 Å². The predicted octanol–water partition coefficient (Wildman–Crippen LogP) is 1.90. The van der Waals surface area contributed by atoms with Gasteiger partial charge in [0.15, 0.2) is 11.9 Å². The van der Waals surface area contributed by atoms with E-state index in [1.807, 2.05) is 32.0 Å². The van der Waals surface area contributed by atoms with E-state index in [0.29, 0.717) is 29.4 Å². The number of nitrogens with zero attached hydrogens (tertiary/aromatic N) is 4. The molecule has 13 nitrogen and oxygen atoms in total. The van der Waals surface area contributed by atoms with Gasteiger partial charge in [-0.15, -0.1) is 0 Å². The third-order valence-electron chi connectivity index (χ3n) is 5.45. The fraction of sp³-hybridized carbons (Fsp3) is 0.500. The average Bonchev–Trinajstić information content (AvgIpc) is 3.36. The molecule has 15 heteroatoms. The zero-order valence-electron chi connectivity index (χ0n) is 20.1. The van der Waals surface area contributed by atoms with Crippen molar-refractivity contribution in [2.75, 3.05) is 24.9 Å². The molecule has 0 aliphatic carbocycles. The Kier molecular flexibility index (Phi) is 8.66. The Balaban J connectivity index is 1.61. The topological polar surface area (TPSA) is 181 Å². The van der Waals surface area contributed by atoms with Crippen LogP contribution in [0, 0.1) is 5.92 Å². The molecular formula is C22H29ClN5O8P. The summed E-state index contributed by atoms with van der Waals surface area (Å²) in [5.74, 6) is 0.653. The highest BCUT2D eigenvalue weighted by molar-refractivity contribution is 7.51. The van der Waals surface area contributed by atoms with Crippen molar-refractivity contribution in [3.63, 3.8) is 0 Å². The van der Waals surface area contributed by atoms with Gasteiger partial charge in [-0.05, 0) is 23.6 Å². The van der Waals surface area contributed by atoms with E-state index in [1.165, 1.54) is 10.9 Å². The molecule has 0 bridgehead atoms. The lowest BCUT2D eigenvalue weighted by Gasteiger charge is -2.17. The maximum atomic E-state index is 11.0. The van der Waals surface area contributed by atoms with Crippen molar-refractivity contribution in [3.8, 4) is 6.01 Å². The van der Waals surface area contributed by atoms with E-state index in [9.17, 15) is 14.8 Å². The minimum atomic E-state index is -4.39. The van der Waals surface area contributed by atoms with E-state index in [2.05, 4.69) is 20.4 Å². The number of halogens is 1. The van der Waals surface area contributed by atoms with Crippen molar-refractivity contribution in [1.82, 2.24) is 19.7 Å². The third-order valence-corrected chi connectivity index (χ3v) is 6.20. The van der Waals surface area contributed by atoms with Gasteiger partial charge in [0.25, 0.3) is 0 Å². The first kappa shape index (κ1) is 27.7. The SMILES string of the molecule is CC(C)COc1nc(NCc2cccc(Cl)c2)c2cnn([C@@H]3O[C@H](COCP(=O)(O)O)[C@@H](O)[C@H]3O)c2n1. The molecule has 1 fully saturated rings. The van der Waals surface area contributed by atoms with Crippen molar-refractivity contribution in [3.05, 3.63) is 41.0 Å². The molecule has 4 rings (SSSR count). The average molecular weight is 558 g/mol. The molecule has 0 spiro atoms. The number of ether oxygens (including phenoxy) is 3. The summed E-state index contributed by atoms with van der Waals surface area (Å²) < 4.78 is 28.8. The Morgan fingerprint density at radius 3 is 2.73 bits per heavy atom. The van der Waals surface area contributed by atoms with E-state index in [1.54, 1.807) is 6.07 Å². The molecule has 3 heterocycles. The van der Waals surface area contributed by atoms with Crippen LogP contribution < -0.4 is 10.1 Å². The molecule has 0 unspecified atom stereocenters. The third kappa shape index (κ3) is 6.95. The quantitative estimate of drug-likeness (QED) is 0.216. The molecule has 0 amide bonds. The monoisotopic (exact) mass is 557 g/mol. The van der Waals surface area contributed by atoms with Gasteiger partial charge in [0.05, 0.1) is 24.8 Å². The van der Waals surface area contributed by atoms with Crippen molar-refractivity contribution in [2.45, 2.75) is 44.9 Å². The Labute approximate surface area is 217 Å². The zero-order valence-corrected chi connectivity index (χ0v) is 21.8. The summed E-state index contributed by atoms with van der Waals surface area (Å²) in [4.78, 5) is 26.9. The number of hydrogen-bond donors (Lipinski definition) is 5. The van der Waals surface area contributed by atoms with Gasteiger partial charge in [-0.2, -0.15) is 15.1 Å². The summed E-state index contributed by atoms with van der Waals surface area (Å²) in [6, 6.07) is 7.45. The van der Waals surface area contributed by atoms with Crippen molar-refractivity contribution in [2.24, 2.45) is 5.92 Å². The van der Waals surface area contributed by atoms with Crippen molar-refractivity contribution in [1.29, 1.82) is 0 Å². The normalized spacial score (nSPS) is 22.2. The minimum Gasteiger partial charge on any atom is -0.463 e. The fourth-order valence-corrected chi connectivity index (χ4v) is 4.28. The van der Waals surface area contributed by atoms with E-state index in [0.717, 1.165) is 5.56 Å². The van der Waals surface area contributed by atoms with Crippen LogP contribution >= 0.6 is 19.2 Å². The highest BCUT2D eigenvalue weighted by Crippen LogP contribution is 2.36. The van der Waals surface area contributed by atoms with Crippen LogP contribution in [-0.4, -0.2) is 77.6 Å². The molecular weight excluding hydrogens is 529 g/mol. The molecule has 4 atom stereocenters. The molecule has 37 heavy (non-hydrogen) atoms. The Hall–Kier alpha value is -2.35. The van der Waals surface area contributed by atoms with Gasteiger partial charge >= 0.3 is 13.6 Å². The second-order valence-electron chi connectivity index (χ2n) is 9.08. The molecule has 3 aromatic rings. The largest absolute Gasteiger partial charge is 0.463 e. The van der Waals surface area contributed by atoms with Crippen LogP contribution in [0.15, 0.2) is 30.5 Å². The Bertz CT molecular complexity index is 1270. The number of aromatic nitrogens is 4. The van der Waals surface area contributed by atoms with Gasteiger partial charge in [-0.1, -0.05) is 37.6 Å². The van der Waals surface area contributed by atoms with Crippen LogP contribution in [0.25, 0.3) is 11.0 Å². The van der Waals surface area contributed by atoms with E-state index in [4.69, 9.17) is 35.6 Å². The molecule has 1 aromatic carbocycles. The molecule has 202 valence electrons. The number of fused-ring (bicyclic) bond motifs is 1. The second-order valence-corrected chi connectivity index (χ2v) is 11.1. The van der Waals surface area contributed by atoms with Crippen molar-refractivity contribution < 1.29 is 38.8 Å². The number of hydrogen-bond acceptors (Lipinski definition) is 10. The number of aliphatic hydroxyl groups excluding tert-OH is 2. The van der Waals surface area contributed by atoms with Crippen LogP contribution in [0.2, 0.25) is 5.02 Å². The number of benzene rings is 1. The van der Waals surface area contributed by atoms with Crippen LogP contribution in [0.1, 0.15) is 25.6 Å². The Morgan fingerprint density at radius 2 is 2.03 bits per heavy atom. The molecule has 2 aromatic heterocycles. The zero-order chi connectivity index (χ0) is 26.7. The smallest absolute Gasteiger partial charge is 0.350 e. The first-order valence-electron chi connectivity index (χ1n) is 11.5. The lowest BCUT2D eigenvalue weighted by molar-refractivity contribution is -0.0659. The molecule has 1 aliphatic rings. The summed E-state index contributed by atoms with van der Waals surface area (Å²) in [5, 5.41) is 29.8. The number of rotatable bonds is 11. The maximum Gasteiger partial charge on any atom is 0.350 e.